The summed E-state index contributed by atoms with van der Waals surface area (Å²) in [6.07, 6.45) is -0.137. The van der Waals surface area contributed by atoms with Crippen molar-refractivity contribution in [1.82, 2.24) is 5.32 Å². The molecular formula is C8H15N3O2. The highest BCUT2D eigenvalue weighted by Gasteiger charge is 2.14. The summed E-state index contributed by atoms with van der Waals surface area (Å²) in [7, 11) is 0. The van der Waals surface area contributed by atoms with Crippen molar-refractivity contribution in [3.63, 3.8) is 0 Å². The highest BCUT2D eigenvalue weighted by Crippen LogP contribution is 1.88. The van der Waals surface area contributed by atoms with Crippen molar-refractivity contribution in [3.8, 4) is 0 Å². The van der Waals surface area contributed by atoms with Crippen LogP contribution in [0.1, 0.15) is 13.3 Å². The minimum absolute atomic E-state index is 0.137. The van der Waals surface area contributed by atoms with E-state index in [2.05, 4.69) is 11.9 Å². The van der Waals surface area contributed by atoms with E-state index in [1.54, 1.807) is 6.92 Å². The molecule has 0 spiro atoms. The summed E-state index contributed by atoms with van der Waals surface area (Å²) in [5.74, 6) is -0.972. The number of primary amides is 1. The Kier molecular flexibility index (Phi) is 4.76. The molecule has 0 bridgehead atoms. The van der Waals surface area contributed by atoms with Crippen LogP contribution in [0.4, 0.5) is 0 Å². The van der Waals surface area contributed by atoms with Crippen LogP contribution in [-0.4, -0.2) is 24.4 Å². The van der Waals surface area contributed by atoms with Crippen molar-refractivity contribution in [2.75, 3.05) is 6.54 Å². The second kappa shape index (κ2) is 5.31. The summed E-state index contributed by atoms with van der Waals surface area (Å²) in [4.78, 5) is 21.5. The van der Waals surface area contributed by atoms with Crippen LogP contribution in [0.5, 0.6) is 0 Å². The molecule has 0 aromatic rings. The Hall–Kier alpha value is -1.36. The zero-order valence-corrected chi connectivity index (χ0v) is 7.67. The lowest BCUT2D eigenvalue weighted by Crippen LogP contribution is -2.43. The van der Waals surface area contributed by atoms with Gasteiger partial charge in [0.05, 0.1) is 12.5 Å². The summed E-state index contributed by atoms with van der Waals surface area (Å²) < 4.78 is 0. The van der Waals surface area contributed by atoms with Crippen molar-refractivity contribution in [2.45, 2.75) is 19.4 Å². The molecule has 5 heteroatoms. The molecule has 0 saturated heterocycles. The first kappa shape index (κ1) is 11.6. The molecule has 0 saturated carbocycles. The maximum atomic E-state index is 11.1. The number of amides is 2. The Labute approximate surface area is 77.2 Å². The molecule has 0 aliphatic heterocycles. The molecule has 74 valence electrons. The first-order valence-corrected chi connectivity index (χ1v) is 3.89. The molecule has 5 nitrogen and oxygen atoms in total. The molecule has 2 amide bonds. The number of carbonyl (C=O) groups excluding carboxylic acids is 2. The van der Waals surface area contributed by atoms with E-state index in [-0.39, 0.29) is 12.3 Å². The fourth-order valence-electron chi connectivity index (χ4n) is 0.679. The maximum absolute atomic E-state index is 11.1. The minimum Gasteiger partial charge on any atom is -0.370 e. The molecule has 1 atom stereocenters. The molecule has 0 aromatic heterocycles. The normalized spacial score (nSPS) is 11.8. The average Bonchev–Trinajstić information content (AvgIpc) is 1.98. The number of rotatable bonds is 5. The third-order valence-electron chi connectivity index (χ3n) is 1.32. The van der Waals surface area contributed by atoms with E-state index in [1.165, 1.54) is 0 Å². The van der Waals surface area contributed by atoms with Crippen LogP contribution in [0.15, 0.2) is 12.2 Å². The first-order valence-electron chi connectivity index (χ1n) is 3.89. The van der Waals surface area contributed by atoms with Crippen molar-refractivity contribution in [1.29, 1.82) is 0 Å². The predicted molar refractivity (Wildman–Crippen MR) is 49.6 cm³/mol. The van der Waals surface area contributed by atoms with Gasteiger partial charge in [0.2, 0.25) is 11.8 Å². The van der Waals surface area contributed by atoms with Gasteiger partial charge in [0, 0.05) is 6.54 Å². The van der Waals surface area contributed by atoms with E-state index >= 15 is 0 Å². The number of hydrogen-bond donors (Lipinski definition) is 3. The molecule has 0 aromatic carbocycles. The fraction of sp³-hybridized carbons (Fsp3) is 0.500. The summed E-state index contributed by atoms with van der Waals surface area (Å²) in [6.45, 7) is 5.74. The molecule has 0 rings (SSSR count). The number of nitrogens with two attached hydrogens (primary N) is 2. The van der Waals surface area contributed by atoms with Crippen LogP contribution < -0.4 is 16.8 Å². The van der Waals surface area contributed by atoms with E-state index in [0.717, 1.165) is 5.57 Å². The summed E-state index contributed by atoms with van der Waals surface area (Å²) >= 11 is 0. The summed E-state index contributed by atoms with van der Waals surface area (Å²) in [6, 6.07) is -0.864. The SMILES string of the molecule is C=C(C)CNC(=O)C(N)CC(N)=O. The van der Waals surface area contributed by atoms with Crippen LogP contribution in [0.3, 0.4) is 0 Å². The quantitative estimate of drug-likeness (QED) is 0.473. The molecule has 0 aliphatic rings. The topological polar surface area (TPSA) is 98.2 Å². The van der Waals surface area contributed by atoms with Crippen LogP contribution in [-0.2, 0) is 9.59 Å². The molecule has 13 heavy (non-hydrogen) atoms. The van der Waals surface area contributed by atoms with Gasteiger partial charge in [-0.2, -0.15) is 0 Å². The third kappa shape index (κ3) is 5.86. The molecule has 0 fully saturated rings. The summed E-state index contributed by atoms with van der Waals surface area (Å²) in [5, 5.41) is 2.52. The van der Waals surface area contributed by atoms with Crippen LogP contribution in [0, 0.1) is 0 Å². The second-order valence-corrected chi connectivity index (χ2v) is 2.95. The lowest BCUT2D eigenvalue weighted by Gasteiger charge is -2.09. The van der Waals surface area contributed by atoms with Gasteiger partial charge in [-0.05, 0) is 6.92 Å². The molecule has 5 N–H and O–H groups in total. The van der Waals surface area contributed by atoms with Gasteiger partial charge in [0.1, 0.15) is 0 Å². The monoisotopic (exact) mass is 185 g/mol. The number of hydrogen-bond acceptors (Lipinski definition) is 3. The van der Waals surface area contributed by atoms with Crippen molar-refractivity contribution >= 4 is 11.8 Å². The Morgan fingerprint density at radius 1 is 1.54 bits per heavy atom. The van der Waals surface area contributed by atoms with E-state index in [1.807, 2.05) is 0 Å². The number of nitrogens with one attached hydrogen (secondary N) is 1. The number of carbonyl (C=O) groups is 2. The van der Waals surface area contributed by atoms with E-state index in [9.17, 15) is 9.59 Å². The zero-order chi connectivity index (χ0) is 10.4. The Bertz CT molecular complexity index is 225. The standard InChI is InChI=1S/C8H15N3O2/c1-5(2)4-11-8(13)6(9)3-7(10)12/h6H,1,3-4,9H2,2H3,(H2,10,12)(H,11,13). The first-order chi connectivity index (χ1) is 5.93. The van der Waals surface area contributed by atoms with Gasteiger partial charge >= 0.3 is 0 Å². The van der Waals surface area contributed by atoms with Gasteiger partial charge in [-0.15, -0.1) is 0 Å². The largest absolute Gasteiger partial charge is 0.370 e. The van der Waals surface area contributed by atoms with E-state index in [0.29, 0.717) is 6.54 Å². The third-order valence-corrected chi connectivity index (χ3v) is 1.32. The summed E-state index contributed by atoms with van der Waals surface area (Å²) in [5.41, 5.74) is 11.1. The molecular weight excluding hydrogens is 170 g/mol. The van der Waals surface area contributed by atoms with Crippen LogP contribution in [0.25, 0.3) is 0 Å². The van der Waals surface area contributed by atoms with Crippen LogP contribution in [0.2, 0.25) is 0 Å². The lowest BCUT2D eigenvalue weighted by atomic mass is 10.2. The van der Waals surface area contributed by atoms with Crippen LogP contribution >= 0.6 is 0 Å². The molecule has 0 radical (unpaired) electrons. The van der Waals surface area contributed by atoms with Gasteiger partial charge in [0.15, 0.2) is 0 Å². The Morgan fingerprint density at radius 3 is 2.46 bits per heavy atom. The van der Waals surface area contributed by atoms with E-state index < -0.39 is 11.9 Å². The highest BCUT2D eigenvalue weighted by atomic mass is 16.2. The van der Waals surface area contributed by atoms with Gasteiger partial charge in [-0.25, -0.2) is 0 Å². The smallest absolute Gasteiger partial charge is 0.237 e. The minimum atomic E-state index is -0.864. The zero-order valence-electron chi connectivity index (χ0n) is 7.67. The van der Waals surface area contributed by atoms with Gasteiger partial charge in [-0.1, -0.05) is 12.2 Å². The van der Waals surface area contributed by atoms with Crippen molar-refractivity contribution in [3.05, 3.63) is 12.2 Å². The molecule has 0 heterocycles. The van der Waals surface area contributed by atoms with Gasteiger partial charge in [0.25, 0.3) is 0 Å². The van der Waals surface area contributed by atoms with Gasteiger partial charge in [-0.3, -0.25) is 9.59 Å². The average molecular weight is 185 g/mol. The maximum Gasteiger partial charge on any atom is 0.237 e. The van der Waals surface area contributed by atoms with Crippen molar-refractivity contribution in [2.24, 2.45) is 11.5 Å². The van der Waals surface area contributed by atoms with E-state index in [4.69, 9.17) is 11.5 Å². The molecule has 0 aliphatic carbocycles. The Morgan fingerprint density at radius 2 is 2.08 bits per heavy atom. The Balaban J connectivity index is 3.82. The molecule has 1 unspecified atom stereocenters. The fourth-order valence-corrected chi connectivity index (χ4v) is 0.679. The second-order valence-electron chi connectivity index (χ2n) is 2.95. The lowest BCUT2D eigenvalue weighted by molar-refractivity contribution is -0.126. The van der Waals surface area contributed by atoms with Crippen molar-refractivity contribution < 1.29 is 9.59 Å². The van der Waals surface area contributed by atoms with Gasteiger partial charge < -0.3 is 16.8 Å². The highest BCUT2D eigenvalue weighted by molar-refractivity contribution is 5.87. The predicted octanol–water partition coefficient (Wildman–Crippen LogP) is -1.12.